The number of phenols is 1. The molecule has 4 atom stereocenters. The number of hydrogen-bond donors (Lipinski definition) is 5. The highest BCUT2D eigenvalue weighted by Crippen LogP contribution is 2.33. The third-order valence-electron chi connectivity index (χ3n) is 17.2. The first-order valence-electron chi connectivity index (χ1n) is 32.7. The molecule has 7 aromatic rings. The Bertz CT molecular complexity index is 3660. The minimum Gasteiger partial charge on any atom is -0.508 e. The molecule has 2 saturated heterocycles. The van der Waals surface area contributed by atoms with Gasteiger partial charge in [-0.05, 0) is 217 Å². The molecule has 0 aliphatic carbocycles. The molecule has 4 aromatic carbocycles. The minimum absolute atomic E-state index is 0.0491. The molecular formula is C73H89N9O13. The Hall–Kier alpha value is -9.09. The summed E-state index contributed by atoms with van der Waals surface area (Å²) >= 11 is 0. The van der Waals surface area contributed by atoms with Gasteiger partial charge < -0.3 is 54.1 Å². The summed E-state index contributed by atoms with van der Waals surface area (Å²) in [5, 5.41) is 38.1. The normalized spacial score (nSPS) is 17.8. The minimum atomic E-state index is -1.05. The number of ether oxygens (including phenoxy) is 5. The average Bonchev–Trinajstić information content (AvgIpc) is 0.812. The number of aromatic nitrogens is 3. The molecule has 4 aliphatic rings. The summed E-state index contributed by atoms with van der Waals surface area (Å²) in [4.78, 5) is 72.7. The zero-order chi connectivity index (χ0) is 67.2. The summed E-state index contributed by atoms with van der Waals surface area (Å²) in [6.45, 7) is 18.8. The number of nitrogens with one attached hydrogen (secondary N) is 2. The number of benzene rings is 4. The molecule has 0 saturated carbocycles. The van der Waals surface area contributed by atoms with Crippen LogP contribution in [0.3, 0.4) is 0 Å². The largest absolute Gasteiger partial charge is 0.508 e. The number of aliphatic hydroxyl groups excluding tert-OH is 2. The standard InChI is InChI=1S/C39H47N5O7.C34H42N4O6/c1-26-36(49-25-42-26)24-48-33-10-7-29-20-34(44(23-30(29)19-33)38(47)51-39(2,3)4)35(45)21-41-37(46)28-5-8-31(9-6-28)50-32-13-17-43(18-14-32)22-27-11-15-40-16-12-27;1-34(2,3)44-33(42)38-22-26-18-27(39)7-4-25(26)19-30(38)31(40)20-36-32(41)24-5-8-28(9-6-24)43-29-12-16-37(17-13-29)21-23-10-14-35-15-11-23/h5-12,15-16,19,25,32,34-35,45H,13-14,17-18,20-24H2,1-4H3,(H,41,46);4-11,14-15,18,29-31,39-40H,12-13,16-17,19-22H2,1-3H3,(H,36,41)/t34-,35+;30-,31+/m00/s1. The second-order valence-corrected chi connectivity index (χ2v) is 26.8. The molecule has 5 N–H and O–H groups in total. The van der Waals surface area contributed by atoms with Gasteiger partial charge in [-0.15, -0.1) is 0 Å². The molecule has 2 fully saturated rings. The van der Waals surface area contributed by atoms with Crippen LogP contribution in [-0.2, 0) is 55.1 Å². The van der Waals surface area contributed by atoms with E-state index < -0.39 is 47.7 Å². The smallest absolute Gasteiger partial charge is 0.410 e. The number of amides is 4. The molecule has 7 heterocycles. The molecule has 3 aromatic heterocycles. The Labute approximate surface area is 555 Å². The molecule has 22 nitrogen and oxygen atoms in total. The first-order valence-corrected chi connectivity index (χ1v) is 32.7. The third-order valence-corrected chi connectivity index (χ3v) is 17.2. The van der Waals surface area contributed by atoms with Gasteiger partial charge in [-0.2, -0.15) is 0 Å². The number of aryl methyl sites for hydroxylation is 1. The van der Waals surface area contributed by atoms with Gasteiger partial charge in [-0.1, -0.05) is 12.1 Å². The number of hydrogen-bond acceptors (Lipinski definition) is 18. The number of likely N-dealkylation sites (tertiary alicyclic amines) is 2. The number of phenolic OH excluding ortho intramolecular Hbond substituents is 1. The second kappa shape index (κ2) is 31.4. The highest BCUT2D eigenvalue weighted by molar-refractivity contribution is 5.94. The Morgan fingerprint density at radius 1 is 0.568 bits per heavy atom. The lowest BCUT2D eigenvalue weighted by molar-refractivity contribution is -0.0118. The monoisotopic (exact) mass is 1300 g/mol. The number of fused-ring (bicyclic) bond motifs is 2. The fraction of sp³-hybridized carbons (Fsp3) is 0.438. The molecule has 4 aliphatic heterocycles. The number of carbonyl (C=O) groups is 4. The molecule has 0 spiro atoms. The predicted molar refractivity (Wildman–Crippen MR) is 355 cm³/mol. The maximum Gasteiger partial charge on any atom is 0.410 e. The van der Waals surface area contributed by atoms with Crippen molar-refractivity contribution in [1.82, 2.24) is 45.2 Å². The zero-order valence-corrected chi connectivity index (χ0v) is 55.3. The van der Waals surface area contributed by atoms with E-state index in [9.17, 15) is 34.5 Å². The molecule has 0 unspecified atom stereocenters. The molecule has 0 bridgehead atoms. The van der Waals surface area contributed by atoms with E-state index in [1.165, 1.54) is 27.3 Å². The van der Waals surface area contributed by atoms with Crippen LogP contribution < -0.4 is 24.8 Å². The molecule has 4 amide bonds. The first kappa shape index (κ1) is 68.8. The van der Waals surface area contributed by atoms with Gasteiger partial charge in [0.15, 0.2) is 12.2 Å². The fourth-order valence-electron chi connectivity index (χ4n) is 12.1. The van der Waals surface area contributed by atoms with Crippen LogP contribution in [0.1, 0.15) is 133 Å². The Balaban J connectivity index is 0.000000209. The number of oxazole rings is 1. The Kier molecular flexibility index (Phi) is 22.8. The summed E-state index contributed by atoms with van der Waals surface area (Å²) < 4.78 is 35.1. The van der Waals surface area contributed by atoms with Crippen molar-refractivity contribution in [2.75, 3.05) is 39.3 Å². The SMILES string of the molecule is CC(C)(C)OC(=O)N1Cc2cc(O)ccc2C[C@H]1[C@H](O)CNC(=O)c1ccc(OC2CCN(Cc3ccncc3)CC2)cc1.Cc1ncoc1COc1ccc2c(c1)CN(C(=O)OC(C)(C)C)[C@H]([C@H](O)CNC(=O)c1ccc(OC3CCN(Cc4ccncc4)CC3)cc1)C2. The van der Waals surface area contributed by atoms with Gasteiger partial charge in [0.25, 0.3) is 11.8 Å². The van der Waals surface area contributed by atoms with E-state index in [-0.39, 0.29) is 62.6 Å². The lowest BCUT2D eigenvalue weighted by Gasteiger charge is -2.40. The van der Waals surface area contributed by atoms with Crippen LogP contribution >= 0.6 is 0 Å². The fourth-order valence-corrected chi connectivity index (χ4v) is 12.1. The van der Waals surface area contributed by atoms with E-state index in [1.54, 1.807) is 96.1 Å². The first-order chi connectivity index (χ1) is 45.5. The number of aliphatic hydroxyl groups is 2. The van der Waals surface area contributed by atoms with E-state index in [4.69, 9.17) is 28.1 Å². The van der Waals surface area contributed by atoms with E-state index in [0.29, 0.717) is 41.2 Å². The maximum atomic E-state index is 13.4. The van der Waals surface area contributed by atoms with Crippen molar-refractivity contribution in [1.29, 1.82) is 0 Å². The summed E-state index contributed by atoms with van der Waals surface area (Å²) in [6.07, 6.45) is 10.2. The summed E-state index contributed by atoms with van der Waals surface area (Å²) in [5.41, 5.74) is 6.31. The van der Waals surface area contributed by atoms with Crippen LogP contribution in [0.2, 0.25) is 0 Å². The van der Waals surface area contributed by atoms with Crippen molar-refractivity contribution in [2.24, 2.45) is 0 Å². The van der Waals surface area contributed by atoms with Crippen LogP contribution in [0.15, 0.2) is 145 Å². The van der Waals surface area contributed by atoms with Crippen LogP contribution in [0.4, 0.5) is 9.59 Å². The molecular weight excluding hydrogens is 1210 g/mol. The van der Waals surface area contributed by atoms with Gasteiger partial charge in [0.2, 0.25) is 0 Å². The highest BCUT2D eigenvalue weighted by Gasteiger charge is 2.39. The van der Waals surface area contributed by atoms with Gasteiger partial charge >= 0.3 is 12.2 Å². The van der Waals surface area contributed by atoms with E-state index in [2.05, 4.69) is 35.4 Å². The van der Waals surface area contributed by atoms with Crippen LogP contribution in [0.5, 0.6) is 23.0 Å². The summed E-state index contributed by atoms with van der Waals surface area (Å²) in [6, 6.07) is 31.7. The highest BCUT2D eigenvalue weighted by atomic mass is 16.6. The molecule has 22 heteroatoms. The number of carbonyl (C=O) groups excluding carboxylic acids is 4. The van der Waals surface area contributed by atoms with Crippen LogP contribution in [-0.4, -0.2) is 161 Å². The lowest BCUT2D eigenvalue weighted by atomic mass is 9.91. The predicted octanol–water partition coefficient (Wildman–Crippen LogP) is 9.74. The maximum absolute atomic E-state index is 13.4. The van der Waals surface area contributed by atoms with Crippen molar-refractivity contribution >= 4 is 24.0 Å². The number of aromatic hydroxyl groups is 1. The van der Waals surface area contributed by atoms with E-state index >= 15 is 0 Å². The quantitative estimate of drug-likeness (QED) is 0.0504. The van der Waals surface area contributed by atoms with Crippen LogP contribution in [0, 0.1) is 6.92 Å². The average molecular weight is 1300 g/mol. The molecule has 11 rings (SSSR count). The molecule has 0 radical (unpaired) electrons. The van der Waals surface area contributed by atoms with Crippen LogP contribution in [0.25, 0.3) is 0 Å². The van der Waals surface area contributed by atoms with E-state index in [1.807, 2.05) is 86.3 Å². The van der Waals surface area contributed by atoms with Crippen molar-refractivity contribution in [3.63, 3.8) is 0 Å². The van der Waals surface area contributed by atoms with Crippen molar-refractivity contribution in [3.05, 3.63) is 196 Å². The van der Waals surface area contributed by atoms with E-state index in [0.717, 1.165) is 98.6 Å². The number of pyridine rings is 2. The number of nitrogens with zero attached hydrogens (tertiary/aromatic N) is 7. The molecule has 95 heavy (non-hydrogen) atoms. The lowest BCUT2D eigenvalue weighted by Crippen LogP contribution is -2.54. The van der Waals surface area contributed by atoms with Gasteiger partial charge in [0, 0.05) is 101 Å². The van der Waals surface area contributed by atoms with Gasteiger partial charge in [0.05, 0.1) is 30.0 Å². The Morgan fingerprint density at radius 3 is 1.41 bits per heavy atom. The summed E-state index contributed by atoms with van der Waals surface area (Å²) in [7, 11) is 0. The van der Waals surface area contributed by atoms with Crippen molar-refractivity contribution < 1.29 is 62.6 Å². The van der Waals surface area contributed by atoms with Gasteiger partial charge in [0.1, 0.15) is 53.0 Å². The Morgan fingerprint density at radius 2 is 0.989 bits per heavy atom. The topological polar surface area (TPSA) is 264 Å². The van der Waals surface area contributed by atoms with Gasteiger partial charge in [-0.3, -0.25) is 39.2 Å². The molecule has 504 valence electrons. The number of rotatable bonds is 19. The second-order valence-electron chi connectivity index (χ2n) is 26.8. The van der Waals surface area contributed by atoms with Crippen molar-refractivity contribution in [2.45, 2.75) is 167 Å². The summed E-state index contributed by atoms with van der Waals surface area (Å²) in [5.74, 6) is 2.15. The third kappa shape index (κ3) is 19.8. The number of piperidine rings is 2. The van der Waals surface area contributed by atoms with Gasteiger partial charge in [-0.25, -0.2) is 14.6 Å². The van der Waals surface area contributed by atoms with Crippen molar-refractivity contribution in [3.8, 4) is 23.0 Å². The zero-order valence-electron chi connectivity index (χ0n) is 55.3.